The first kappa shape index (κ1) is 16.3. The molecule has 21 heavy (non-hydrogen) atoms. The summed E-state index contributed by atoms with van der Waals surface area (Å²) in [6, 6.07) is 0.152. The molecule has 0 saturated heterocycles. The summed E-state index contributed by atoms with van der Waals surface area (Å²) in [5.41, 5.74) is 0. The van der Waals surface area contributed by atoms with Crippen LogP contribution in [0.4, 0.5) is 0 Å². The molecule has 2 rings (SSSR count). The number of amides is 1. The number of carbonyl (C=O) groups is 2. The number of rotatable bonds is 5. The van der Waals surface area contributed by atoms with Crippen molar-refractivity contribution in [2.45, 2.75) is 76.4 Å². The molecule has 0 aromatic carbocycles. The fourth-order valence-corrected chi connectivity index (χ4v) is 3.74. The summed E-state index contributed by atoms with van der Waals surface area (Å²) in [4.78, 5) is 22.9. The first-order chi connectivity index (χ1) is 10.1. The van der Waals surface area contributed by atoms with Crippen LogP contribution >= 0.6 is 0 Å². The summed E-state index contributed by atoms with van der Waals surface area (Å²) in [6.45, 7) is 0. The second-order valence-electron chi connectivity index (χ2n) is 6.63. The monoisotopic (exact) mass is 297 g/mol. The molecule has 120 valence electrons. The fourth-order valence-electron chi connectivity index (χ4n) is 3.74. The van der Waals surface area contributed by atoms with Gasteiger partial charge in [-0.05, 0) is 38.0 Å². The quantitative estimate of drug-likeness (QED) is 0.725. The number of hydrogen-bond donors (Lipinski definition) is 3. The Morgan fingerprint density at radius 1 is 1.05 bits per heavy atom. The van der Waals surface area contributed by atoms with Crippen LogP contribution in [0.25, 0.3) is 0 Å². The lowest BCUT2D eigenvalue weighted by Gasteiger charge is -2.32. The predicted octanol–water partition coefficient (Wildman–Crippen LogP) is 2.08. The maximum absolute atomic E-state index is 12.3. The van der Waals surface area contributed by atoms with Crippen LogP contribution < -0.4 is 5.32 Å². The number of carboxylic acid groups (broad SMARTS) is 1. The van der Waals surface area contributed by atoms with Crippen molar-refractivity contribution in [2.75, 3.05) is 0 Å². The van der Waals surface area contributed by atoms with Crippen molar-refractivity contribution in [1.82, 2.24) is 5.32 Å². The van der Waals surface area contributed by atoms with E-state index in [0.717, 1.165) is 51.4 Å². The van der Waals surface area contributed by atoms with Crippen molar-refractivity contribution in [3.05, 3.63) is 0 Å². The molecule has 0 aliphatic heterocycles. The minimum atomic E-state index is -0.744. The van der Waals surface area contributed by atoms with Gasteiger partial charge in [-0.3, -0.25) is 9.59 Å². The van der Waals surface area contributed by atoms with Gasteiger partial charge in [-0.15, -0.1) is 0 Å². The summed E-state index contributed by atoms with van der Waals surface area (Å²) in [7, 11) is 0. The molecule has 2 saturated carbocycles. The van der Waals surface area contributed by atoms with E-state index in [1.807, 2.05) is 0 Å². The van der Waals surface area contributed by atoms with Gasteiger partial charge >= 0.3 is 5.97 Å². The van der Waals surface area contributed by atoms with Crippen LogP contribution in [-0.4, -0.2) is 34.2 Å². The van der Waals surface area contributed by atoms with Crippen LogP contribution in [0.2, 0.25) is 0 Å². The van der Waals surface area contributed by atoms with E-state index in [9.17, 15) is 14.7 Å². The van der Waals surface area contributed by atoms with E-state index in [4.69, 9.17) is 5.11 Å². The van der Waals surface area contributed by atoms with Crippen LogP contribution in [0.5, 0.6) is 0 Å². The Balaban J connectivity index is 1.78. The molecule has 4 atom stereocenters. The van der Waals surface area contributed by atoms with Crippen molar-refractivity contribution < 1.29 is 19.8 Å². The second kappa shape index (κ2) is 7.78. The highest BCUT2D eigenvalue weighted by atomic mass is 16.4. The second-order valence-corrected chi connectivity index (χ2v) is 6.63. The Hall–Kier alpha value is -1.10. The maximum Gasteiger partial charge on any atom is 0.303 e. The third kappa shape index (κ3) is 4.99. The zero-order valence-corrected chi connectivity index (χ0v) is 12.6. The zero-order valence-electron chi connectivity index (χ0n) is 12.6. The number of aliphatic hydroxyl groups excluding tert-OH is 1. The Bertz CT molecular complexity index is 371. The standard InChI is InChI=1S/C16H27NO4/c18-14-7-2-1-6-13(14)16(21)17-12-5-3-4-11(10-12)8-9-15(19)20/h11-14,18H,1-10H2,(H,17,21)(H,19,20). The summed E-state index contributed by atoms with van der Waals surface area (Å²) < 4.78 is 0. The fraction of sp³-hybridized carbons (Fsp3) is 0.875. The van der Waals surface area contributed by atoms with Gasteiger partial charge in [-0.25, -0.2) is 0 Å². The summed E-state index contributed by atoms with van der Waals surface area (Å²) in [5, 5.41) is 21.8. The molecule has 3 N–H and O–H groups in total. The van der Waals surface area contributed by atoms with E-state index in [0.29, 0.717) is 12.3 Å². The van der Waals surface area contributed by atoms with Gasteiger partial charge in [0.1, 0.15) is 0 Å². The van der Waals surface area contributed by atoms with Gasteiger partial charge in [0, 0.05) is 12.5 Å². The van der Waals surface area contributed by atoms with Crippen LogP contribution in [-0.2, 0) is 9.59 Å². The van der Waals surface area contributed by atoms with E-state index < -0.39 is 12.1 Å². The molecule has 0 radical (unpaired) electrons. The van der Waals surface area contributed by atoms with E-state index in [2.05, 4.69) is 5.32 Å². The normalized spacial score (nSPS) is 33.4. The maximum atomic E-state index is 12.3. The lowest BCUT2D eigenvalue weighted by Crippen LogP contribution is -2.45. The van der Waals surface area contributed by atoms with Crippen molar-refractivity contribution in [3.8, 4) is 0 Å². The highest BCUT2D eigenvalue weighted by molar-refractivity contribution is 5.79. The Kier molecular flexibility index (Phi) is 6.03. The molecule has 0 bridgehead atoms. The lowest BCUT2D eigenvalue weighted by molar-refractivity contribution is -0.137. The summed E-state index contributed by atoms with van der Waals surface area (Å²) in [6.07, 6.45) is 7.90. The first-order valence-electron chi connectivity index (χ1n) is 8.26. The van der Waals surface area contributed by atoms with Crippen molar-refractivity contribution in [3.63, 3.8) is 0 Å². The smallest absolute Gasteiger partial charge is 0.303 e. The molecule has 0 spiro atoms. The molecule has 0 aromatic heterocycles. The number of aliphatic hydroxyl groups is 1. The topological polar surface area (TPSA) is 86.6 Å². The van der Waals surface area contributed by atoms with E-state index in [1.165, 1.54) is 0 Å². The predicted molar refractivity (Wildman–Crippen MR) is 78.7 cm³/mol. The number of carbonyl (C=O) groups excluding carboxylic acids is 1. The Morgan fingerprint density at radius 2 is 1.81 bits per heavy atom. The molecule has 2 aliphatic carbocycles. The molecule has 5 nitrogen and oxygen atoms in total. The highest BCUT2D eigenvalue weighted by Gasteiger charge is 2.31. The lowest BCUT2D eigenvalue weighted by atomic mass is 9.82. The first-order valence-corrected chi connectivity index (χ1v) is 8.26. The number of carboxylic acids is 1. The van der Waals surface area contributed by atoms with Crippen molar-refractivity contribution >= 4 is 11.9 Å². The van der Waals surface area contributed by atoms with Gasteiger partial charge in [0.15, 0.2) is 0 Å². The Morgan fingerprint density at radius 3 is 2.52 bits per heavy atom. The van der Waals surface area contributed by atoms with Gasteiger partial charge in [0.25, 0.3) is 0 Å². The number of hydrogen-bond acceptors (Lipinski definition) is 3. The van der Waals surface area contributed by atoms with E-state index in [-0.39, 0.29) is 24.3 Å². The van der Waals surface area contributed by atoms with Gasteiger partial charge in [-0.2, -0.15) is 0 Å². The summed E-state index contributed by atoms with van der Waals surface area (Å²) >= 11 is 0. The molecular formula is C16H27NO4. The van der Waals surface area contributed by atoms with Crippen LogP contribution in [0.1, 0.15) is 64.2 Å². The summed E-state index contributed by atoms with van der Waals surface area (Å²) in [5.74, 6) is -0.604. The zero-order chi connectivity index (χ0) is 15.2. The molecular weight excluding hydrogens is 270 g/mol. The van der Waals surface area contributed by atoms with Crippen LogP contribution in [0.3, 0.4) is 0 Å². The largest absolute Gasteiger partial charge is 0.481 e. The van der Waals surface area contributed by atoms with Crippen LogP contribution in [0.15, 0.2) is 0 Å². The molecule has 0 aromatic rings. The van der Waals surface area contributed by atoms with E-state index >= 15 is 0 Å². The minimum Gasteiger partial charge on any atom is -0.481 e. The Labute approximate surface area is 126 Å². The van der Waals surface area contributed by atoms with Crippen molar-refractivity contribution in [2.24, 2.45) is 11.8 Å². The van der Waals surface area contributed by atoms with Gasteiger partial charge < -0.3 is 15.5 Å². The molecule has 4 unspecified atom stereocenters. The minimum absolute atomic E-state index is 0.00826. The van der Waals surface area contributed by atoms with Gasteiger partial charge in [0.05, 0.1) is 12.0 Å². The number of nitrogens with one attached hydrogen (secondary N) is 1. The van der Waals surface area contributed by atoms with Gasteiger partial charge in [-0.1, -0.05) is 25.7 Å². The molecule has 0 heterocycles. The average Bonchev–Trinajstić information content (AvgIpc) is 2.46. The molecule has 5 heteroatoms. The van der Waals surface area contributed by atoms with Gasteiger partial charge in [0.2, 0.25) is 5.91 Å². The number of aliphatic carboxylic acids is 1. The third-order valence-corrected chi connectivity index (χ3v) is 4.96. The molecule has 2 aliphatic rings. The SMILES string of the molecule is O=C(O)CCC1CCCC(NC(=O)C2CCCCC2O)C1. The highest BCUT2D eigenvalue weighted by Crippen LogP contribution is 2.29. The third-order valence-electron chi connectivity index (χ3n) is 4.96. The van der Waals surface area contributed by atoms with E-state index in [1.54, 1.807) is 0 Å². The van der Waals surface area contributed by atoms with Crippen molar-refractivity contribution in [1.29, 1.82) is 0 Å². The van der Waals surface area contributed by atoms with Crippen LogP contribution in [0, 0.1) is 11.8 Å². The molecule has 1 amide bonds. The molecule has 2 fully saturated rings. The average molecular weight is 297 g/mol.